The van der Waals surface area contributed by atoms with Gasteiger partial charge in [0.05, 0.1) is 17.9 Å². The second-order valence-corrected chi connectivity index (χ2v) is 5.62. The van der Waals surface area contributed by atoms with Gasteiger partial charge in [-0.25, -0.2) is 4.98 Å². The molecule has 0 atom stereocenters. The van der Waals surface area contributed by atoms with Gasteiger partial charge in [-0.2, -0.15) is 0 Å². The van der Waals surface area contributed by atoms with Crippen LogP contribution < -0.4 is 11.3 Å². The van der Waals surface area contributed by atoms with Gasteiger partial charge in [0.25, 0.3) is 11.5 Å². The molecular formula is C14H17N5O3. The minimum atomic E-state index is -0.259. The molecule has 0 unspecified atom stereocenters. The smallest absolute Gasteiger partial charge is 0.292 e. The Morgan fingerprint density at radius 1 is 1.50 bits per heavy atom. The van der Waals surface area contributed by atoms with Gasteiger partial charge < -0.3 is 15.2 Å². The highest BCUT2D eigenvalue weighted by Crippen LogP contribution is 2.19. The summed E-state index contributed by atoms with van der Waals surface area (Å²) < 4.78 is 5.12. The second kappa shape index (κ2) is 5.28. The van der Waals surface area contributed by atoms with Crippen molar-refractivity contribution in [1.29, 1.82) is 0 Å². The third kappa shape index (κ3) is 2.47. The van der Waals surface area contributed by atoms with Crippen LogP contribution in [0.4, 0.5) is 5.95 Å². The molecule has 3 heterocycles. The topological polar surface area (TPSA) is 118 Å². The number of amides is 1. The lowest BCUT2D eigenvalue weighted by Crippen LogP contribution is -2.39. The first kappa shape index (κ1) is 14.3. The van der Waals surface area contributed by atoms with Crippen LogP contribution in [0.3, 0.4) is 0 Å². The number of rotatable bonds is 2. The Morgan fingerprint density at radius 3 is 2.95 bits per heavy atom. The van der Waals surface area contributed by atoms with Gasteiger partial charge in [-0.1, -0.05) is 19.0 Å². The molecule has 0 bridgehead atoms. The molecule has 0 saturated heterocycles. The van der Waals surface area contributed by atoms with Gasteiger partial charge in [-0.05, 0) is 12.3 Å². The van der Waals surface area contributed by atoms with Gasteiger partial charge >= 0.3 is 0 Å². The maximum absolute atomic E-state index is 12.5. The Hall–Kier alpha value is -2.64. The van der Waals surface area contributed by atoms with Gasteiger partial charge in [-0.15, -0.1) is 0 Å². The van der Waals surface area contributed by atoms with Crippen LogP contribution in [0.2, 0.25) is 0 Å². The quantitative estimate of drug-likeness (QED) is 0.841. The normalized spacial score (nSPS) is 14.2. The summed E-state index contributed by atoms with van der Waals surface area (Å²) >= 11 is 0. The van der Waals surface area contributed by atoms with Crippen molar-refractivity contribution in [2.45, 2.75) is 32.7 Å². The zero-order chi connectivity index (χ0) is 15.9. The molecule has 0 radical (unpaired) electrons. The van der Waals surface area contributed by atoms with E-state index in [1.165, 1.54) is 0 Å². The van der Waals surface area contributed by atoms with E-state index in [1.54, 1.807) is 11.0 Å². The molecule has 2 aromatic rings. The minimum absolute atomic E-state index is 0.0554. The average molecular weight is 303 g/mol. The molecule has 1 aliphatic rings. The van der Waals surface area contributed by atoms with Crippen LogP contribution in [-0.4, -0.2) is 32.5 Å². The predicted octanol–water partition coefficient (Wildman–Crippen LogP) is 0.662. The number of aromatic nitrogens is 3. The van der Waals surface area contributed by atoms with Crippen LogP contribution in [0.1, 0.15) is 47.3 Å². The van der Waals surface area contributed by atoms with E-state index >= 15 is 0 Å². The second-order valence-electron chi connectivity index (χ2n) is 5.62. The maximum Gasteiger partial charge on any atom is 0.292 e. The maximum atomic E-state index is 12.5. The lowest BCUT2D eigenvalue weighted by Gasteiger charge is -2.26. The molecule has 8 nitrogen and oxygen atoms in total. The van der Waals surface area contributed by atoms with Gasteiger partial charge in [0.2, 0.25) is 11.7 Å². The summed E-state index contributed by atoms with van der Waals surface area (Å²) in [5.41, 5.74) is 7.16. The van der Waals surface area contributed by atoms with Crippen molar-refractivity contribution in [3.63, 3.8) is 0 Å². The van der Waals surface area contributed by atoms with Gasteiger partial charge in [0, 0.05) is 18.2 Å². The summed E-state index contributed by atoms with van der Waals surface area (Å²) in [6.07, 6.45) is 0.439. The summed E-state index contributed by atoms with van der Waals surface area (Å²) in [6, 6.07) is 1.65. The molecule has 8 heteroatoms. The number of hydrogen-bond acceptors (Lipinski definition) is 6. The molecule has 0 spiro atoms. The van der Waals surface area contributed by atoms with Gasteiger partial charge in [0.15, 0.2) is 0 Å². The monoisotopic (exact) mass is 303 g/mol. The molecular weight excluding hydrogens is 286 g/mol. The average Bonchev–Trinajstić information content (AvgIpc) is 2.95. The fourth-order valence-corrected chi connectivity index (χ4v) is 2.45. The molecule has 0 fully saturated rings. The van der Waals surface area contributed by atoms with E-state index in [0.29, 0.717) is 24.2 Å². The lowest BCUT2D eigenvalue weighted by molar-refractivity contribution is 0.0689. The SMILES string of the molecule is CC(C)c1cc(C(=O)N2CCc3c(nc(N)[nH]c3=O)C2)on1. The number of carbonyl (C=O) groups excluding carboxylic acids is 1. The van der Waals surface area contributed by atoms with Crippen molar-refractivity contribution >= 4 is 11.9 Å². The van der Waals surface area contributed by atoms with Gasteiger partial charge in [0.1, 0.15) is 0 Å². The highest BCUT2D eigenvalue weighted by atomic mass is 16.5. The standard InChI is InChI=1S/C14H17N5O3/c1-7(2)9-5-11(22-18-9)13(21)19-4-3-8-10(6-19)16-14(15)17-12(8)20/h5,7H,3-4,6H2,1-2H3,(H3,15,16,17,20). The molecule has 22 heavy (non-hydrogen) atoms. The molecule has 0 aliphatic carbocycles. The lowest BCUT2D eigenvalue weighted by atomic mass is 10.1. The Labute approximate surface area is 126 Å². The molecule has 2 aromatic heterocycles. The van der Waals surface area contributed by atoms with Crippen molar-refractivity contribution in [1.82, 2.24) is 20.0 Å². The van der Waals surface area contributed by atoms with Crippen molar-refractivity contribution in [2.75, 3.05) is 12.3 Å². The summed E-state index contributed by atoms with van der Waals surface area (Å²) in [5, 5.41) is 3.89. The zero-order valence-electron chi connectivity index (χ0n) is 12.4. The van der Waals surface area contributed by atoms with Crippen LogP contribution in [-0.2, 0) is 13.0 Å². The Balaban J connectivity index is 1.84. The fourth-order valence-electron chi connectivity index (χ4n) is 2.45. The number of nitrogens with two attached hydrogens (primary N) is 1. The van der Waals surface area contributed by atoms with E-state index in [9.17, 15) is 9.59 Å². The summed E-state index contributed by atoms with van der Waals surface area (Å²) in [7, 11) is 0. The number of H-pyrrole nitrogens is 1. The number of hydrogen-bond donors (Lipinski definition) is 2. The summed E-state index contributed by atoms with van der Waals surface area (Å²) in [4.78, 5) is 32.4. The van der Waals surface area contributed by atoms with E-state index in [0.717, 1.165) is 5.69 Å². The number of anilines is 1. The molecule has 0 saturated carbocycles. The van der Waals surface area contributed by atoms with E-state index < -0.39 is 0 Å². The van der Waals surface area contributed by atoms with E-state index in [4.69, 9.17) is 10.3 Å². The summed E-state index contributed by atoms with van der Waals surface area (Å²) in [5.74, 6) is 0.183. The fraction of sp³-hybridized carbons (Fsp3) is 0.429. The predicted molar refractivity (Wildman–Crippen MR) is 78.3 cm³/mol. The Bertz CT molecular complexity index is 777. The number of carbonyl (C=O) groups is 1. The van der Waals surface area contributed by atoms with E-state index in [1.807, 2.05) is 13.8 Å². The number of nitrogens with one attached hydrogen (secondary N) is 1. The summed E-state index contributed by atoms with van der Waals surface area (Å²) in [6.45, 7) is 4.61. The molecule has 0 aromatic carbocycles. The third-order valence-electron chi connectivity index (χ3n) is 3.71. The Morgan fingerprint density at radius 2 is 2.27 bits per heavy atom. The van der Waals surface area contributed by atoms with Crippen molar-refractivity contribution in [2.24, 2.45) is 0 Å². The first-order valence-electron chi connectivity index (χ1n) is 7.09. The first-order chi connectivity index (χ1) is 10.5. The zero-order valence-corrected chi connectivity index (χ0v) is 12.4. The van der Waals surface area contributed by atoms with Crippen LogP contribution in [0.15, 0.2) is 15.4 Å². The highest BCUT2D eigenvalue weighted by Gasteiger charge is 2.27. The first-order valence-corrected chi connectivity index (χ1v) is 7.09. The molecule has 3 N–H and O–H groups in total. The minimum Gasteiger partial charge on any atom is -0.369 e. The molecule has 116 valence electrons. The number of aromatic amines is 1. The van der Waals surface area contributed by atoms with Crippen molar-refractivity contribution < 1.29 is 9.32 Å². The van der Waals surface area contributed by atoms with Crippen LogP contribution in [0.5, 0.6) is 0 Å². The largest absolute Gasteiger partial charge is 0.369 e. The van der Waals surface area contributed by atoms with Crippen LogP contribution >= 0.6 is 0 Å². The van der Waals surface area contributed by atoms with Crippen LogP contribution in [0.25, 0.3) is 0 Å². The molecule has 1 amide bonds. The number of fused-ring (bicyclic) bond motifs is 1. The molecule has 3 rings (SSSR count). The highest BCUT2D eigenvalue weighted by molar-refractivity contribution is 5.91. The number of nitrogens with zero attached hydrogens (tertiary/aromatic N) is 3. The van der Waals surface area contributed by atoms with Gasteiger partial charge in [-0.3, -0.25) is 14.6 Å². The van der Waals surface area contributed by atoms with E-state index in [2.05, 4.69) is 15.1 Å². The van der Waals surface area contributed by atoms with E-state index in [-0.39, 0.29) is 35.6 Å². The van der Waals surface area contributed by atoms with Crippen molar-refractivity contribution in [3.05, 3.63) is 39.1 Å². The molecule has 1 aliphatic heterocycles. The number of nitrogen functional groups attached to an aromatic ring is 1. The van der Waals surface area contributed by atoms with Crippen molar-refractivity contribution in [3.8, 4) is 0 Å². The third-order valence-corrected chi connectivity index (χ3v) is 3.71. The Kier molecular flexibility index (Phi) is 3.44. The van der Waals surface area contributed by atoms with Crippen LogP contribution in [0, 0.1) is 0 Å².